The molecule has 19 heavy (non-hydrogen) atoms. The fourth-order valence-corrected chi connectivity index (χ4v) is 1.55. The van der Waals surface area contributed by atoms with E-state index in [0.29, 0.717) is 0 Å². The molecule has 0 heterocycles. The molecule has 0 aromatic heterocycles. The summed E-state index contributed by atoms with van der Waals surface area (Å²) in [6.45, 7) is 3.96. The average molecular weight is 343 g/mol. The molecule has 0 N–H and O–H groups in total. The normalized spacial score (nSPS) is 11.9. The topological polar surface area (TPSA) is 24.7 Å². The van der Waals surface area contributed by atoms with E-state index in [2.05, 4.69) is 9.98 Å². The fraction of sp³-hybridized carbons (Fsp3) is 0.125. The summed E-state index contributed by atoms with van der Waals surface area (Å²) in [5, 5.41) is 0. The van der Waals surface area contributed by atoms with Crippen molar-refractivity contribution in [1.82, 2.24) is 0 Å². The monoisotopic (exact) mass is 342 g/mol. The zero-order valence-electron chi connectivity index (χ0n) is 11.0. The Kier molecular flexibility index (Phi) is 6.35. The summed E-state index contributed by atoms with van der Waals surface area (Å²) in [6.07, 6.45) is 0. The first-order valence-corrected chi connectivity index (χ1v) is 5.97. The maximum absolute atomic E-state index is 4.54. The van der Waals surface area contributed by atoms with E-state index in [-0.39, 0.29) is 20.4 Å². The first-order chi connectivity index (χ1) is 8.75. The predicted molar refractivity (Wildman–Crippen MR) is 78.4 cm³/mol. The maximum atomic E-state index is 4.54. The van der Waals surface area contributed by atoms with Crippen molar-refractivity contribution in [3.63, 3.8) is 0 Å². The molecule has 0 fully saturated rings. The van der Waals surface area contributed by atoms with Gasteiger partial charge in [0.2, 0.25) is 0 Å². The molecule has 0 aliphatic rings. The minimum Gasteiger partial charge on any atom is -0.252 e. The van der Waals surface area contributed by atoms with Crippen LogP contribution in [0.1, 0.15) is 13.8 Å². The Morgan fingerprint density at radius 1 is 0.632 bits per heavy atom. The number of rotatable bonds is 3. The van der Waals surface area contributed by atoms with Gasteiger partial charge in [-0.15, -0.1) is 0 Å². The third-order valence-electron chi connectivity index (χ3n) is 2.63. The van der Waals surface area contributed by atoms with Gasteiger partial charge in [-0.25, -0.2) is 0 Å². The number of para-hydroxylation sites is 2. The van der Waals surface area contributed by atoms with Gasteiger partial charge < -0.3 is 0 Å². The SMILES string of the molecule is CC(=Nc1ccccc1)C(C)=Nc1ccccc1.[Pd]. The van der Waals surface area contributed by atoms with Gasteiger partial charge in [0.15, 0.2) is 0 Å². The minimum absolute atomic E-state index is 0. The Morgan fingerprint density at radius 3 is 1.26 bits per heavy atom. The second-order valence-corrected chi connectivity index (χ2v) is 4.07. The van der Waals surface area contributed by atoms with Gasteiger partial charge in [-0.05, 0) is 38.1 Å². The standard InChI is InChI=1S/C16H16N2.Pd/c1-13(17-15-9-5-3-6-10-15)14(2)18-16-11-7-4-8-12-16;/h3-12H,1-2H3;. The van der Waals surface area contributed by atoms with E-state index < -0.39 is 0 Å². The van der Waals surface area contributed by atoms with Gasteiger partial charge in [-0.2, -0.15) is 0 Å². The van der Waals surface area contributed by atoms with Crippen LogP contribution in [0.15, 0.2) is 70.6 Å². The van der Waals surface area contributed by atoms with Gasteiger partial charge in [-0.1, -0.05) is 36.4 Å². The average Bonchev–Trinajstić information content (AvgIpc) is 2.41. The summed E-state index contributed by atoms with van der Waals surface area (Å²) < 4.78 is 0. The van der Waals surface area contributed by atoms with Crippen LogP contribution in [0.5, 0.6) is 0 Å². The van der Waals surface area contributed by atoms with Crippen molar-refractivity contribution < 1.29 is 20.4 Å². The van der Waals surface area contributed by atoms with Crippen molar-refractivity contribution in [1.29, 1.82) is 0 Å². The van der Waals surface area contributed by atoms with Crippen molar-refractivity contribution in [3.8, 4) is 0 Å². The molecule has 0 saturated heterocycles. The molecule has 0 spiro atoms. The van der Waals surface area contributed by atoms with E-state index in [0.717, 1.165) is 22.8 Å². The third kappa shape index (κ3) is 4.90. The quantitative estimate of drug-likeness (QED) is 0.576. The van der Waals surface area contributed by atoms with Crippen LogP contribution >= 0.6 is 0 Å². The Labute approximate surface area is 128 Å². The molecule has 3 heteroatoms. The number of hydrogen-bond acceptors (Lipinski definition) is 2. The minimum atomic E-state index is 0. The number of aliphatic imine (C=N–C) groups is 2. The van der Waals surface area contributed by atoms with Gasteiger partial charge in [0.1, 0.15) is 0 Å². The molecular formula is C16H16N2Pd. The summed E-state index contributed by atoms with van der Waals surface area (Å²) in [7, 11) is 0. The molecule has 0 unspecified atom stereocenters. The van der Waals surface area contributed by atoms with Crippen LogP contribution in [0.25, 0.3) is 0 Å². The summed E-state index contributed by atoms with van der Waals surface area (Å²) >= 11 is 0. The Hall–Kier alpha value is -1.56. The molecule has 100 valence electrons. The van der Waals surface area contributed by atoms with E-state index in [1.807, 2.05) is 74.5 Å². The van der Waals surface area contributed by atoms with Gasteiger partial charge in [-0.3, -0.25) is 9.98 Å². The van der Waals surface area contributed by atoms with Crippen LogP contribution in [0.3, 0.4) is 0 Å². The Bertz CT molecular complexity index is 506. The maximum Gasteiger partial charge on any atom is 0.0633 e. The second-order valence-electron chi connectivity index (χ2n) is 4.07. The summed E-state index contributed by atoms with van der Waals surface area (Å²) in [6, 6.07) is 19.8. The molecule has 0 bridgehead atoms. The van der Waals surface area contributed by atoms with Crippen molar-refractivity contribution in [2.45, 2.75) is 13.8 Å². The van der Waals surface area contributed by atoms with Crippen LogP contribution in [0.4, 0.5) is 11.4 Å². The van der Waals surface area contributed by atoms with E-state index in [4.69, 9.17) is 0 Å². The second kappa shape index (κ2) is 7.78. The zero-order valence-corrected chi connectivity index (χ0v) is 12.5. The molecule has 0 amide bonds. The molecule has 2 rings (SSSR count). The molecule has 0 saturated carbocycles. The van der Waals surface area contributed by atoms with E-state index in [1.54, 1.807) is 0 Å². The van der Waals surface area contributed by atoms with Crippen LogP contribution in [-0.4, -0.2) is 11.4 Å². The van der Waals surface area contributed by atoms with Gasteiger partial charge in [0.05, 0.1) is 22.8 Å². The van der Waals surface area contributed by atoms with Crippen molar-refractivity contribution in [2.75, 3.05) is 0 Å². The predicted octanol–water partition coefficient (Wildman–Crippen LogP) is 4.57. The van der Waals surface area contributed by atoms with Crippen LogP contribution in [-0.2, 0) is 20.4 Å². The molecule has 2 aromatic rings. The van der Waals surface area contributed by atoms with E-state index in [1.165, 1.54) is 0 Å². The fourth-order valence-electron chi connectivity index (χ4n) is 1.55. The first kappa shape index (κ1) is 15.5. The number of hydrogen-bond donors (Lipinski definition) is 0. The number of nitrogens with zero attached hydrogens (tertiary/aromatic N) is 2. The molecule has 0 atom stereocenters. The molecule has 0 aliphatic carbocycles. The number of benzene rings is 2. The molecule has 0 radical (unpaired) electrons. The largest absolute Gasteiger partial charge is 0.252 e. The van der Waals surface area contributed by atoms with E-state index in [9.17, 15) is 0 Å². The van der Waals surface area contributed by atoms with Crippen molar-refractivity contribution in [2.24, 2.45) is 9.98 Å². The Morgan fingerprint density at radius 2 is 0.947 bits per heavy atom. The van der Waals surface area contributed by atoms with Crippen LogP contribution in [0.2, 0.25) is 0 Å². The smallest absolute Gasteiger partial charge is 0.0633 e. The van der Waals surface area contributed by atoms with Gasteiger partial charge >= 0.3 is 0 Å². The molecular weight excluding hydrogens is 327 g/mol. The molecule has 2 nitrogen and oxygen atoms in total. The third-order valence-corrected chi connectivity index (χ3v) is 2.63. The van der Waals surface area contributed by atoms with Gasteiger partial charge in [0.25, 0.3) is 0 Å². The van der Waals surface area contributed by atoms with Crippen molar-refractivity contribution in [3.05, 3.63) is 60.7 Å². The zero-order chi connectivity index (χ0) is 12.8. The first-order valence-electron chi connectivity index (χ1n) is 5.97. The van der Waals surface area contributed by atoms with Gasteiger partial charge in [0, 0.05) is 20.4 Å². The molecule has 2 aromatic carbocycles. The van der Waals surface area contributed by atoms with Crippen LogP contribution < -0.4 is 0 Å². The van der Waals surface area contributed by atoms with E-state index >= 15 is 0 Å². The summed E-state index contributed by atoms with van der Waals surface area (Å²) in [5.74, 6) is 0. The van der Waals surface area contributed by atoms with Crippen molar-refractivity contribution >= 4 is 22.8 Å². The summed E-state index contributed by atoms with van der Waals surface area (Å²) in [4.78, 5) is 9.08. The Balaban J connectivity index is 0.00000180. The molecule has 0 aliphatic heterocycles. The summed E-state index contributed by atoms with van der Waals surface area (Å²) in [5.41, 5.74) is 3.78. The van der Waals surface area contributed by atoms with Crippen LogP contribution in [0, 0.1) is 0 Å².